The Bertz CT molecular complexity index is 181. The van der Waals surface area contributed by atoms with Crippen LogP contribution in [0.15, 0.2) is 11.5 Å². The van der Waals surface area contributed by atoms with Gasteiger partial charge in [-0.05, 0) is 6.92 Å². The van der Waals surface area contributed by atoms with E-state index in [0.717, 1.165) is 0 Å². The number of carbonyl (C=O) groups is 2. The van der Waals surface area contributed by atoms with Crippen molar-refractivity contribution in [3.63, 3.8) is 0 Å². The van der Waals surface area contributed by atoms with E-state index in [1.54, 1.807) is 0 Å². The molecule has 0 aromatic rings. The number of rotatable bonds is 3. The van der Waals surface area contributed by atoms with Gasteiger partial charge in [-0.15, -0.1) is 0 Å². The van der Waals surface area contributed by atoms with Crippen LogP contribution in [0.1, 0.15) is 6.92 Å². The van der Waals surface area contributed by atoms with E-state index in [0.29, 0.717) is 0 Å². The number of aliphatic hydroxyl groups excluding tert-OH is 1. The second-order valence-electron chi connectivity index (χ2n) is 1.59. The summed E-state index contributed by atoms with van der Waals surface area (Å²) in [6, 6.07) is 0. The summed E-state index contributed by atoms with van der Waals surface area (Å²) in [6.07, 6.45) is 0.264. The van der Waals surface area contributed by atoms with Gasteiger partial charge >= 0.3 is 0 Å². The first-order valence-corrected chi connectivity index (χ1v) is 2.49. The molecule has 0 aliphatic heterocycles. The summed E-state index contributed by atoms with van der Waals surface area (Å²) in [5.41, 5.74) is 4.46. The van der Waals surface area contributed by atoms with Crippen LogP contribution in [0.4, 0.5) is 0 Å². The molecule has 0 rings (SSSR count). The molecule has 5 heteroatoms. The summed E-state index contributed by atoms with van der Waals surface area (Å²) in [6.45, 7) is 1.25. The highest BCUT2D eigenvalue weighted by Crippen LogP contribution is 1.92. The molecular weight excluding hydrogens is 136 g/mol. The van der Waals surface area contributed by atoms with Crippen molar-refractivity contribution in [3.8, 4) is 0 Å². The van der Waals surface area contributed by atoms with Crippen molar-refractivity contribution in [2.45, 2.75) is 6.92 Å². The minimum Gasteiger partial charge on any atom is -0.510 e. The Hall–Kier alpha value is -1.52. The third-order valence-electron chi connectivity index (χ3n) is 0.811. The van der Waals surface area contributed by atoms with E-state index >= 15 is 0 Å². The summed E-state index contributed by atoms with van der Waals surface area (Å²) in [7, 11) is 0. The SMILES string of the molecule is C/C(O)=C(/NC=O)C(N)=O. The number of hydrogen-bond donors (Lipinski definition) is 3. The molecule has 2 amide bonds. The lowest BCUT2D eigenvalue weighted by molar-refractivity contribution is -0.117. The lowest BCUT2D eigenvalue weighted by Gasteiger charge is -1.99. The molecule has 0 unspecified atom stereocenters. The Labute approximate surface area is 57.5 Å². The third kappa shape index (κ3) is 2.17. The molecule has 0 spiro atoms. The molecule has 0 aromatic carbocycles. The molecule has 0 aliphatic rings. The van der Waals surface area contributed by atoms with E-state index < -0.39 is 5.91 Å². The summed E-state index contributed by atoms with van der Waals surface area (Å²) in [4.78, 5) is 20.1. The van der Waals surface area contributed by atoms with Gasteiger partial charge in [0.05, 0.1) is 0 Å². The molecule has 0 radical (unpaired) electrons. The maximum atomic E-state index is 10.3. The number of hydrogen-bond acceptors (Lipinski definition) is 3. The average molecular weight is 144 g/mol. The van der Waals surface area contributed by atoms with Crippen LogP contribution in [0.5, 0.6) is 0 Å². The molecule has 0 bridgehead atoms. The molecule has 10 heavy (non-hydrogen) atoms. The highest BCUT2D eigenvalue weighted by molar-refractivity contribution is 5.93. The van der Waals surface area contributed by atoms with Gasteiger partial charge in [-0.2, -0.15) is 0 Å². The zero-order valence-corrected chi connectivity index (χ0v) is 5.42. The van der Waals surface area contributed by atoms with Crippen LogP contribution in [0.25, 0.3) is 0 Å². The van der Waals surface area contributed by atoms with Gasteiger partial charge in [0.1, 0.15) is 11.5 Å². The van der Waals surface area contributed by atoms with Crippen LogP contribution in [0, 0.1) is 0 Å². The van der Waals surface area contributed by atoms with Crippen LogP contribution in [-0.2, 0) is 9.59 Å². The first-order chi connectivity index (χ1) is 4.59. The average Bonchev–Trinajstić information content (AvgIpc) is 1.81. The summed E-state index contributed by atoms with van der Waals surface area (Å²) < 4.78 is 0. The molecular formula is C5H8N2O3. The smallest absolute Gasteiger partial charge is 0.268 e. The minimum absolute atomic E-state index is 0.264. The Kier molecular flexibility index (Phi) is 2.96. The Balaban J connectivity index is 4.42. The molecule has 0 saturated heterocycles. The van der Waals surface area contributed by atoms with Crippen LogP contribution < -0.4 is 11.1 Å². The maximum Gasteiger partial charge on any atom is 0.268 e. The number of carbonyl (C=O) groups excluding carboxylic acids is 2. The van der Waals surface area contributed by atoms with Crippen molar-refractivity contribution >= 4 is 12.3 Å². The van der Waals surface area contributed by atoms with E-state index in [1.165, 1.54) is 6.92 Å². The fourth-order valence-corrected chi connectivity index (χ4v) is 0.413. The van der Waals surface area contributed by atoms with Crippen molar-refractivity contribution in [2.75, 3.05) is 0 Å². The number of aliphatic hydroxyl groups is 1. The van der Waals surface area contributed by atoms with E-state index in [-0.39, 0.29) is 17.9 Å². The van der Waals surface area contributed by atoms with Crippen molar-refractivity contribution in [1.82, 2.24) is 5.32 Å². The fraction of sp³-hybridized carbons (Fsp3) is 0.200. The normalized spacial score (nSPS) is 11.7. The molecule has 4 N–H and O–H groups in total. The Morgan fingerprint density at radius 2 is 2.20 bits per heavy atom. The van der Waals surface area contributed by atoms with Crippen molar-refractivity contribution in [3.05, 3.63) is 11.5 Å². The predicted molar refractivity (Wildman–Crippen MR) is 33.7 cm³/mol. The first-order valence-electron chi connectivity index (χ1n) is 2.49. The van der Waals surface area contributed by atoms with Crippen molar-refractivity contribution in [2.24, 2.45) is 5.73 Å². The monoisotopic (exact) mass is 144 g/mol. The summed E-state index contributed by atoms with van der Waals surface area (Å²) in [5.74, 6) is -1.17. The van der Waals surface area contributed by atoms with Gasteiger partial charge in [0.2, 0.25) is 6.41 Å². The molecule has 56 valence electrons. The van der Waals surface area contributed by atoms with Crippen LogP contribution in [-0.4, -0.2) is 17.4 Å². The van der Waals surface area contributed by atoms with Crippen LogP contribution in [0.3, 0.4) is 0 Å². The van der Waals surface area contributed by atoms with E-state index in [1.807, 2.05) is 5.32 Å². The molecule has 0 saturated carbocycles. The van der Waals surface area contributed by atoms with Gasteiger partial charge in [0, 0.05) is 0 Å². The summed E-state index contributed by atoms with van der Waals surface area (Å²) in [5, 5.41) is 10.6. The van der Waals surface area contributed by atoms with E-state index in [4.69, 9.17) is 10.8 Å². The zero-order valence-electron chi connectivity index (χ0n) is 5.42. The quantitative estimate of drug-likeness (QED) is 0.269. The van der Waals surface area contributed by atoms with Gasteiger partial charge in [-0.3, -0.25) is 9.59 Å². The first kappa shape index (κ1) is 8.48. The van der Waals surface area contributed by atoms with E-state index in [2.05, 4.69) is 0 Å². The number of nitrogens with two attached hydrogens (primary N) is 1. The largest absolute Gasteiger partial charge is 0.510 e. The molecule has 0 aliphatic carbocycles. The highest BCUT2D eigenvalue weighted by Gasteiger charge is 2.06. The molecule has 0 fully saturated rings. The number of allylic oxidation sites excluding steroid dienone is 1. The maximum absolute atomic E-state index is 10.3. The minimum atomic E-state index is -0.868. The molecule has 0 aromatic heterocycles. The molecule has 5 nitrogen and oxygen atoms in total. The van der Waals surface area contributed by atoms with Gasteiger partial charge in [-0.25, -0.2) is 0 Å². The Morgan fingerprint density at radius 3 is 2.30 bits per heavy atom. The number of primary amides is 1. The van der Waals surface area contributed by atoms with Gasteiger partial charge in [0.15, 0.2) is 0 Å². The topological polar surface area (TPSA) is 92.4 Å². The molecule has 0 atom stereocenters. The second-order valence-corrected chi connectivity index (χ2v) is 1.59. The highest BCUT2D eigenvalue weighted by atomic mass is 16.3. The third-order valence-corrected chi connectivity index (χ3v) is 0.811. The standard InChI is InChI=1S/C5H8N2O3/c1-3(9)4(5(6)10)7-2-8/h2,9H,1H3,(H2,6,10)(H,7,8)/b4-3-. The number of amides is 2. The van der Waals surface area contributed by atoms with Crippen LogP contribution in [0.2, 0.25) is 0 Å². The van der Waals surface area contributed by atoms with Gasteiger partial charge in [0.25, 0.3) is 5.91 Å². The second kappa shape index (κ2) is 3.49. The van der Waals surface area contributed by atoms with Crippen molar-refractivity contribution in [1.29, 1.82) is 0 Å². The zero-order chi connectivity index (χ0) is 8.15. The van der Waals surface area contributed by atoms with Crippen LogP contribution >= 0.6 is 0 Å². The van der Waals surface area contributed by atoms with Crippen molar-refractivity contribution < 1.29 is 14.7 Å². The lowest BCUT2D eigenvalue weighted by Crippen LogP contribution is -2.26. The number of nitrogens with one attached hydrogen (secondary N) is 1. The lowest BCUT2D eigenvalue weighted by atomic mass is 10.3. The summed E-state index contributed by atoms with van der Waals surface area (Å²) >= 11 is 0. The predicted octanol–water partition coefficient (Wildman–Crippen LogP) is -0.993. The van der Waals surface area contributed by atoms with Gasteiger partial charge in [-0.1, -0.05) is 0 Å². The van der Waals surface area contributed by atoms with Gasteiger partial charge < -0.3 is 16.2 Å². The molecule has 0 heterocycles. The Morgan fingerprint density at radius 1 is 1.70 bits per heavy atom. The van der Waals surface area contributed by atoms with E-state index in [9.17, 15) is 9.59 Å². The fourth-order valence-electron chi connectivity index (χ4n) is 0.413.